The topological polar surface area (TPSA) is 38.5 Å². The first-order valence-electron chi connectivity index (χ1n) is 6.75. The fourth-order valence-electron chi connectivity index (χ4n) is 2.74. The van der Waals surface area contributed by atoms with Crippen LogP contribution in [0.1, 0.15) is 29.7 Å². The number of hydrogen-bond acceptors (Lipinski definition) is 3. The first kappa shape index (κ1) is 13.5. The molecule has 2 rings (SSSR count). The number of rotatable bonds is 3. The number of aryl methyl sites for hydroxylation is 1. The molecule has 1 fully saturated rings. The van der Waals surface area contributed by atoms with Crippen LogP contribution in [0, 0.1) is 13.8 Å². The van der Waals surface area contributed by atoms with Crippen molar-refractivity contribution < 1.29 is 4.74 Å². The van der Waals surface area contributed by atoms with Crippen LogP contribution in [0.3, 0.4) is 0 Å². The summed E-state index contributed by atoms with van der Waals surface area (Å²) in [5.74, 6) is 0. The molecule has 0 spiro atoms. The van der Waals surface area contributed by atoms with Crippen LogP contribution in [0.15, 0.2) is 18.2 Å². The van der Waals surface area contributed by atoms with Crippen molar-refractivity contribution in [2.75, 3.05) is 26.2 Å². The highest BCUT2D eigenvalue weighted by molar-refractivity contribution is 5.35. The van der Waals surface area contributed by atoms with Crippen LogP contribution < -0.4 is 5.73 Å². The average Bonchev–Trinajstić information content (AvgIpc) is 2.35. The summed E-state index contributed by atoms with van der Waals surface area (Å²) in [4.78, 5) is 2.45. The summed E-state index contributed by atoms with van der Waals surface area (Å²) in [5.41, 5.74) is 10.1. The molecule has 1 saturated heterocycles. The fourth-order valence-corrected chi connectivity index (χ4v) is 2.74. The Balaban J connectivity index is 2.24. The Hall–Kier alpha value is -0.900. The van der Waals surface area contributed by atoms with Gasteiger partial charge in [-0.05, 0) is 37.5 Å². The predicted octanol–water partition coefficient (Wildman–Crippen LogP) is 2.02. The maximum absolute atomic E-state index is 6.02. The molecule has 0 saturated carbocycles. The third kappa shape index (κ3) is 2.74. The molecule has 0 radical (unpaired) electrons. The average molecular weight is 248 g/mol. The molecule has 0 aliphatic carbocycles. The lowest BCUT2D eigenvalue weighted by molar-refractivity contribution is -0.0333. The molecular weight excluding hydrogens is 224 g/mol. The van der Waals surface area contributed by atoms with Crippen LogP contribution in [0.5, 0.6) is 0 Å². The van der Waals surface area contributed by atoms with E-state index in [1.807, 2.05) is 0 Å². The van der Waals surface area contributed by atoms with Gasteiger partial charge >= 0.3 is 0 Å². The zero-order valence-corrected chi connectivity index (χ0v) is 11.6. The summed E-state index contributed by atoms with van der Waals surface area (Å²) in [6.07, 6.45) is 0.304. The second-order valence-electron chi connectivity index (χ2n) is 5.22. The van der Waals surface area contributed by atoms with Crippen molar-refractivity contribution in [2.24, 2.45) is 5.73 Å². The molecule has 0 aromatic heterocycles. The maximum Gasteiger partial charge on any atom is 0.0674 e. The molecule has 2 atom stereocenters. The smallest absolute Gasteiger partial charge is 0.0674 e. The fraction of sp³-hybridized carbons (Fsp3) is 0.600. The van der Waals surface area contributed by atoms with Gasteiger partial charge in [0.25, 0.3) is 0 Å². The van der Waals surface area contributed by atoms with E-state index in [9.17, 15) is 0 Å². The minimum absolute atomic E-state index is 0.304. The second-order valence-corrected chi connectivity index (χ2v) is 5.22. The van der Waals surface area contributed by atoms with E-state index in [4.69, 9.17) is 10.5 Å². The Kier molecular flexibility index (Phi) is 4.38. The van der Waals surface area contributed by atoms with Gasteiger partial charge in [-0.2, -0.15) is 0 Å². The lowest BCUT2D eigenvalue weighted by Gasteiger charge is -2.37. The van der Waals surface area contributed by atoms with Crippen LogP contribution >= 0.6 is 0 Å². The van der Waals surface area contributed by atoms with E-state index >= 15 is 0 Å². The highest BCUT2D eigenvalue weighted by Crippen LogP contribution is 2.26. The quantitative estimate of drug-likeness (QED) is 0.889. The standard InChI is InChI=1S/C15H24N2O/c1-11-5-4-6-14(13(11)3)15(9-16)17-7-8-18-12(2)10-17/h4-6,12,15H,7-10,16H2,1-3H3. The number of hydrogen-bond donors (Lipinski definition) is 1. The first-order chi connectivity index (χ1) is 8.63. The van der Waals surface area contributed by atoms with Gasteiger partial charge in [0.2, 0.25) is 0 Å². The number of benzene rings is 1. The lowest BCUT2D eigenvalue weighted by atomic mass is 9.96. The van der Waals surface area contributed by atoms with Gasteiger partial charge in [-0.25, -0.2) is 0 Å². The molecule has 0 bridgehead atoms. The summed E-state index contributed by atoms with van der Waals surface area (Å²) in [7, 11) is 0. The largest absolute Gasteiger partial charge is 0.376 e. The maximum atomic E-state index is 6.02. The molecule has 1 heterocycles. The summed E-state index contributed by atoms with van der Waals surface area (Å²) in [6, 6.07) is 6.81. The summed E-state index contributed by atoms with van der Waals surface area (Å²) in [6.45, 7) is 9.89. The van der Waals surface area contributed by atoms with Gasteiger partial charge in [-0.3, -0.25) is 4.90 Å². The molecule has 2 unspecified atom stereocenters. The van der Waals surface area contributed by atoms with Crippen molar-refractivity contribution in [3.05, 3.63) is 34.9 Å². The highest BCUT2D eigenvalue weighted by Gasteiger charge is 2.25. The van der Waals surface area contributed by atoms with E-state index in [1.165, 1.54) is 16.7 Å². The van der Waals surface area contributed by atoms with Gasteiger partial charge in [0.05, 0.1) is 12.7 Å². The van der Waals surface area contributed by atoms with Crippen molar-refractivity contribution in [1.29, 1.82) is 0 Å². The molecular formula is C15H24N2O. The van der Waals surface area contributed by atoms with Gasteiger partial charge in [0.1, 0.15) is 0 Å². The molecule has 1 aromatic rings. The number of ether oxygens (including phenoxy) is 1. The molecule has 3 heteroatoms. The summed E-state index contributed by atoms with van der Waals surface area (Å²) in [5, 5.41) is 0. The third-order valence-corrected chi connectivity index (χ3v) is 3.94. The highest BCUT2D eigenvalue weighted by atomic mass is 16.5. The van der Waals surface area contributed by atoms with E-state index in [0.29, 0.717) is 18.7 Å². The molecule has 18 heavy (non-hydrogen) atoms. The van der Waals surface area contributed by atoms with Crippen molar-refractivity contribution in [3.63, 3.8) is 0 Å². The normalized spacial score (nSPS) is 23.0. The monoisotopic (exact) mass is 248 g/mol. The zero-order valence-electron chi connectivity index (χ0n) is 11.6. The zero-order chi connectivity index (χ0) is 13.1. The van der Waals surface area contributed by atoms with Crippen LogP contribution in [-0.2, 0) is 4.74 Å². The Morgan fingerprint density at radius 1 is 1.44 bits per heavy atom. The van der Waals surface area contributed by atoms with Gasteiger partial charge in [0, 0.05) is 25.7 Å². The SMILES string of the molecule is Cc1cccc(C(CN)N2CCOC(C)C2)c1C. The number of nitrogens with zero attached hydrogens (tertiary/aromatic N) is 1. The van der Waals surface area contributed by atoms with Crippen molar-refractivity contribution in [3.8, 4) is 0 Å². The van der Waals surface area contributed by atoms with Gasteiger partial charge < -0.3 is 10.5 Å². The van der Waals surface area contributed by atoms with Crippen molar-refractivity contribution in [2.45, 2.75) is 32.9 Å². The Morgan fingerprint density at radius 3 is 2.89 bits per heavy atom. The molecule has 1 aromatic carbocycles. The predicted molar refractivity (Wildman–Crippen MR) is 74.7 cm³/mol. The van der Waals surface area contributed by atoms with Crippen LogP contribution in [0.2, 0.25) is 0 Å². The van der Waals surface area contributed by atoms with E-state index in [1.54, 1.807) is 0 Å². The molecule has 0 amide bonds. The molecule has 1 aliphatic rings. The van der Waals surface area contributed by atoms with Crippen molar-refractivity contribution in [1.82, 2.24) is 4.90 Å². The summed E-state index contributed by atoms with van der Waals surface area (Å²) >= 11 is 0. The van der Waals surface area contributed by atoms with E-state index in [-0.39, 0.29) is 0 Å². The summed E-state index contributed by atoms with van der Waals surface area (Å²) < 4.78 is 5.61. The molecule has 100 valence electrons. The Morgan fingerprint density at radius 2 is 2.22 bits per heavy atom. The molecule has 2 N–H and O–H groups in total. The minimum Gasteiger partial charge on any atom is -0.376 e. The van der Waals surface area contributed by atoms with Crippen LogP contribution in [0.25, 0.3) is 0 Å². The third-order valence-electron chi connectivity index (χ3n) is 3.94. The molecule has 1 aliphatic heterocycles. The van der Waals surface area contributed by atoms with E-state index in [2.05, 4.69) is 43.9 Å². The van der Waals surface area contributed by atoms with Gasteiger partial charge in [-0.1, -0.05) is 18.2 Å². The Labute approximate surface area is 110 Å². The first-order valence-corrected chi connectivity index (χ1v) is 6.75. The van der Waals surface area contributed by atoms with Gasteiger partial charge in [-0.15, -0.1) is 0 Å². The lowest BCUT2D eigenvalue weighted by Crippen LogP contribution is -2.45. The van der Waals surface area contributed by atoms with E-state index in [0.717, 1.165) is 19.7 Å². The second kappa shape index (κ2) is 5.83. The Bertz CT molecular complexity index is 405. The van der Waals surface area contributed by atoms with Crippen LogP contribution in [0.4, 0.5) is 0 Å². The number of nitrogens with two attached hydrogens (primary N) is 1. The van der Waals surface area contributed by atoms with Gasteiger partial charge in [0.15, 0.2) is 0 Å². The van der Waals surface area contributed by atoms with Crippen molar-refractivity contribution >= 4 is 0 Å². The van der Waals surface area contributed by atoms with Crippen LogP contribution in [-0.4, -0.2) is 37.2 Å². The molecule has 3 nitrogen and oxygen atoms in total. The number of morpholine rings is 1. The minimum atomic E-state index is 0.304. The van der Waals surface area contributed by atoms with E-state index < -0.39 is 0 Å².